The van der Waals surface area contributed by atoms with Gasteiger partial charge < -0.3 is 20.0 Å². The summed E-state index contributed by atoms with van der Waals surface area (Å²) in [6.45, 7) is 7.95. The van der Waals surface area contributed by atoms with Crippen molar-refractivity contribution in [3.8, 4) is 10.4 Å². The smallest absolute Gasteiger partial charge is 0.336 e. The van der Waals surface area contributed by atoms with Crippen LogP contribution in [0.5, 0.6) is 0 Å². The first-order valence-corrected chi connectivity index (χ1v) is 13.7. The highest BCUT2D eigenvalue weighted by atomic mass is 32.1. The summed E-state index contributed by atoms with van der Waals surface area (Å²) in [4.78, 5) is 32.9. The third-order valence-corrected chi connectivity index (χ3v) is 8.35. The van der Waals surface area contributed by atoms with Gasteiger partial charge in [-0.1, -0.05) is 26.0 Å². The van der Waals surface area contributed by atoms with Crippen LogP contribution in [-0.4, -0.2) is 78.5 Å². The number of nitrogens with one attached hydrogen (secondary N) is 1. The van der Waals surface area contributed by atoms with E-state index in [0.29, 0.717) is 35.5 Å². The highest BCUT2D eigenvalue weighted by Gasteiger charge is 2.36. The Kier molecular flexibility index (Phi) is 8.48. The van der Waals surface area contributed by atoms with Gasteiger partial charge in [-0.3, -0.25) is 4.79 Å². The summed E-state index contributed by atoms with van der Waals surface area (Å²) < 4.78 is 38.5. The van der Waals surface area contributed by atoms with Crippen molar-refractivity contribution in [3.63, 3.8) is 0 Å². The Bertz CT molecular complexity index is 1090. The number of carbonyl (C=O) groups is 2. The Hall–Kier alpha value is -2.59. The zero-order chi connectivity index (χ0) is 26.7. The van der Waals surface area contributed by atoms with E-state index in [2.05, 4.69) is 19.2 Å². The molecule has 0 spiro atoms. The predicted octanol–water partition coefficient (Wildman–Crippen LogP) is 5.41. The lowest BCUT2D eigenvalue weighted by molar-refractivity contribution is -0.137. The van der Waals surface area contributed by atoms with Crippen LogP contribution in [0.15, 0.2) is 36.4 Å². The number of urea groups is 1. The van der Waals surface area contributed by atoms with Crippen LogP contribution in [-0.2, 0) is 6.18 Å². The Morgan fingerprint density at radius 2 is 1.73 bits per heavy atom. The van der Waals surface area contributed by atoms with E-state index in [9.17, 15) is 22.8 Å². The van der Waals surface area contributed by atoms with Crippen molar-refractivity contribution in [1.82, 2.24) is 20.0 Å². The summed E-state index contributed by atoms with van der Waals surface area (Å²) in [6, 6.07) is 8.74. The maximum atomic E-state index is 13.2. The number of benzene rings is 1. The monoisotopic (exact) mass is 536 g/mol. The molecule has 2 fully saturated rings. The molecule has 0 aliphatic carbocycles. The molecule has 202 valence electrons. The van der Waals surface area contributed by atoms with Gasteiger partial charge in [0.15, 0.2) is 0 Å². The van der Waals surface area contributed by atoms with Gasteiger partial charge in [0.05, 0.1) is 16.5 Å². The highest BCUT2D eigenvalue weighted by Crippen LogP contribution is 2.34. The number of likely N-dealkylation sites (tertiary alicyclic amines) is 2. The average molecular weight is 537 g/mol. The fourth-order valence-electron chi connectivity index (χ4n) is 4.88. The summed E-state index contributed by atoms with van der Waals surface area (Å²) in [5.41, 5.74) is -0.0593. The van der Waals surface area contributed by atoms with E-state index in [1.165, 1.54) is 23.5 Å². The lowest BCUT2D eigenvalue weighted by Gasteiger charge is -2.27. The van der Waals surface area contributed by atoms with Crippen LogP contribution >= 0.6 is 11.3 Å². The lowest BCUT2D eigenvalue weighted by atomic mass is 10.1. The van der Waals surface area contributed by atoms with Crippen LogP contribution < -0.4 is 5.32 Å². The molecular formula is C27H35F3N4O2S. The number of amides is 3. The van der Waals surface area contributed by atoms with Crippen LogP contribution in [0, 0.1) is 5.92 Å². The van der Waals surface area contributed by atoms with Gasteiger partial charge in [0, 0.05) is 44.1 Å². The molecule has 0 bridgehead atoms. The summed E-state index contributed by atoms with van der Waals surface area (Å²) in [5, 5.41) is 3.56. The van der Waals surface area contributed by atoms with Crippen LogP contribution in [0.1, 0.15) is 48.3 Å². The molecule has 2 atom stereocenters. The molecule has 4 rings (SSSR count). The normalized spacial score (nSPS) is 20.2. The van der Waals surface area contributed by atoms with Crippen molar-refractivity contribution < 1.29 is 22.8 Å². The van der Waals surface area contributed by atoms with E-state index in [-0.39, 0.29) is 18.0 Å². The molecular weight excluding hydrogens is 501 g/mol. The molecule has 3 heterocycles. The van der Waals surface area contributed by atoms with Crippen LogP contribution in [0.4, 0.5) is 18.0 Å². The average Bonchev–Trinajstić information content (AvgIpc) is 3.63. The highest BCUT2D eigenvalue weighted by molar-refractivity contribution is 7.17. The third-order valence-electron chi connectivity index (χ3n) is 7.23. The number of thiophene rings is 1. The topological polar surface area (TPSA) is 55.9 Å². The van der Waals surface area contributed by atoms with Crippen molar-refractivity contribution in [2.75, 3.05) is 39.8 Å². The number of hydrogen-bond donors (Lipinski definition) is 1. The predicted molar refractivity (Wildman–Crippen MR) is 140 cm³/mol. The first-order chi connectivity index (χ1) is 17.5. The Labute approximate surface area is 220 Å². The second kappa shape index (κ2) is 11.4. The minimum absolute atomic E-state index is 0.0391. The van der Waals surface area contributed by atoms with E-state index in [1.807, 2.05) is 9.80 Å². The summed E-state index contributed by atoms with van der Waals surface area (Å²) in [5.74, 6) is 0.511. The quantitative estimate of drug-likeness (QED) is 0.515. The fraction of sp³-hybridized carbons (Fsp3) is 0.556. The first kappa shape index (κ1) is 27.4. The molecule has 2 saturated heterocycles. The van der Waals surface area contributed by atoms with E-state index < -0.39 is 11.7 Å². The van der Waals surface area contributed by atoms with Crippen LogP contribution in [0.2, 0.25) is 0 Å². The van der Waals surface area contributed by atoms with Gasteiger partial charge in [0.25, 0.3) is 5.91 Å². The standard InChI is InChI=1S/C27H35F3N4O2S/c1-18(2)10-13-31-21-11-14-33(16-21)26(36)34-15-12-22(17-34)32(3)25(35)24-9-8-23(37-24)19-4-6-20(7-5-19)27(28,29)30/h4-9,18,21-22,31H,10-17H2,1-3H3/t21-,22+/m1/s1. The van der Waals surface area contributed by atoms with E-state index in [4.69, 9.17) is 0 Å². The number of alkyl halides is 3. The van der Waals surface area contributed by atoms with Crippen molar-refractivity contribution in [2.24, 2.45) is 5.92 Å². The summed E-state index contributed by atoms with van der Waals surface area (Å²) >= 11 is 1.26. The molecule has 3 amide bonds. The summed E-state index contributed by atoms with van der Waals surface area (Å²) in [6.07, 6.45) is -1.59. The largest absolute Gasteiger partial charge is 0.416 e. The Morgan fingerprint density at radius 3 is 2.41 bits per heavy atom. The van der Waals surface area contributed by atoms with E-state index in [0.717, 1.165) is 55.9 Å². The van der Waals surface area contributed by atoms with Crippen molar-refractivity contribution >= 4 is 23.3 Å². The maximum absolute atomic E-state index is 13.2. The number of nitrogens with zero attached hydrogens (tertiary/aromatic N) is 3. The number of hydrogen-bond acceptors (Lipinski definition) is 4. The number of rotatable bonds is 7. The zero-order valence-electron chi connectivity index (χ0n) is 21.6. The van der Waals surface area contributed by atoms with Crippen molar-refractivity contribution in [1.29, 1.82) is 0 Å². The molecule has 0 saturated carbocycles. The number of likely N-dealkylation sites (N-methyl/N-ethyl adjacent to an activating group) is 1. The second-order valence-corrected chi connectivity index (χ2v) is 11.5. The van der Waals surface area contributed by atoms with E-state index in [1.54, 1.807) is 24.1 Å². The van der Waals surface area contributed by atoms with Gasteiger partial charge in [-0.2, -0.15) is 13.2 Å². The van der Waals surface area contributed by atoms with Gasteiger partial charge in [-0.05, 0) is 61.6 Å². The molecule has 6 nitrogen and oxygen atoms in total. The minimum Gasteiger partial charge on any atom is -0.336 e. The Balaban J connectivity index is 1.30. The first-order valence-electron chi connectivity index (χ1n) is 12.8. The Morgan fingerprint density at radius 1 is 1.05 bits per heavy atom. The van der Waals surface area contributed by atoms with Gasteiger partial charge >= 0.3 is 12.2 Å². The van der Waals surface area contributed by atoms with E-state index >= 15 is 0 Å². The molecule has 1 N–H and O–H groups in total. The van der Waals surface area contributed by atoms with Crippen LogP contribution in [0.25, 0.3) is 10.4 Å². The van der Waals surface area contributed by atoms with Gasteiger partial charge in [-0.15, -0.1) is 11.3 Å². The van der Waals surface area contributed by atoms with Gasteiger partial charge in [0.1, 0.15) is 0 Å². The lowest BCUT2D eigenvalue weighted by Crippen LogP contribution is -2.45. The van der Waals surface area contributed by atoms with Gasteiger partial charge in [0.2, 0.25) is 0 Å². The maximum Gasteiger partial charge on any atom is 0.416 e. The van der Waals surface area contributed by atoms with Gasteiger partial charge in [-0.25, -0.2) is 4.79 Å². The molecule has 1 aromatic carbocycles. The molecule has 1 aromatic heterocycles. The molecule has 0 radical (unpaired) electrons. The van der Waals surface area contributed by atoms with Crippen molar-refractivity contribution in [2.45, 2.75) is 51.4 Å². The molecule has 2 aliphatic heterocycles. The number of halogens is 3. The van der Waals surface area contributed by atoms with Crippen LogP contribution in [0.3, 0.4) is 0 Å². The SMILES string of the molecule is CC(C)CCN[C@@H]1CCN(C(=O)N2CC[C@H](N(C)C(=O)c3ccc(-c4ccc(C(F)(F)F)cc4)s3)C2)C1. The van der Waals surface area contributed by atoms with Crippen molar-refractivity contribution in [3.05, 3.63) is 46.8 Å². The molecule has 37 heavy (non-hydrogen) atoms. The molecule has 2 aliphatic rings. The third kappa shape index (κ3) is 6.65. The fourth-order valence-corrected chi connectivity index (χ4v) is 5.87. The second-order valence-electron chi connectivity index (χ2n) is 10.4. The molecule has 0 unspecified atom stereocenters. The summed E-state index contributed by atoms with van der Waals surface area (Å²) in [7, 11) is 1.75. The zero-order valence-corrected chi connectivity index (χ0v) is 22.4. The number of carbonyl (C=O) groups excluding carboxylic acids is 2. The molecule has 2 aromatic rings. The minimum atomic E-state index is -4.38. The molecule has 10 heteroatoms.